The second-order valence-corrected chi connectivity index (χ2v) is 3.60. The summed E-state index contributed by atoms with van der Waals surface area (Å²) in [6, 6.07) is 7.00. The number of aliphatic hydroxyl groups excluding tert-OH is 2. The van der Waals surface area contributed by atoms with Gasteiger partial charge in [-0.05, 0) is 12.5 Å². The fourth-order valence-electron chi connectivity index (χ4n) is 1.36. The van der Waals surface area contributed by atoms with Gasteiger partial charge >= 0.3 is 0 Å². The lowest BCUT2D eigenvalue weighted by molar-refractivity contribution is 0.0174. The molecule has 0 aliphatic rings. The third kappa shape index (κ3) is 3.07. The molecule has 84 valence electrons. The number of hydrogen-bond donors (Lipinski definition) is 4. The van der Waals surface area contributed by atoms with Crippen molar-refractivity contribution in [3.05, 3.63) is 29.8 Å². The van der Waals surface area contributed by atoms with Gasteiger partial charge in [0.15, 0.2) is 0 Å². The van der Waals surface area contributed by atoms with Crippen LogP contribution >= 0.6 is 11.6 Å². The molecule has 0 radical (unpaired) electrons. The number of alkyl halides is 1. The standard InChI is InChI=1S/C10H15ClN2O2/c11-6-5-9(14)10(15)7-3-1-2-4-8(7)13-12/h1-4,9-10,13-15H,5-6,12H2. The first kappa shape index (κ1) is 12.3. The summed E-state index contributed by atoms with van der Waals surface area (Å²) < 4.78 is 0. The van der Waals surface area contributed by atoms with Crippen LogP contribution < -0.4 is 11.3 Å². The van der Waals surface area contributed by atoms with E-state index in [1.54, 1.807) is 24.3 Å². The van der Waals surface area contributed by atoms with Crippen LogP contribution in [-0.4, -0.2) is 22.2 Å². The van der Waals surface area contributed by atoms with E-state index in [1.165, 1.54) is 0 Å². The molecule has 0 aliphatic carbocycles. The normalized spacial score (nSPS) is 14.7. The molecule has 1 aromatic carbocycles. The number of para-hydroxylation sites is 1. The average Bonchev–Trinajstić information content (AvgIpc) is 2.28. The maximum Gasteiger partial charge on any atom is 0.107 e. The van der Waals surface area contributed by atoms with Crippen molar-refractivity contribution < 1.29 is 10.2 Å². The first-order valence-electron chi connectivity index (χ1n) is 4.68. The lowest BCUT2D eigenvalue weighted by atomic mass is 10.0. The number of nitrogens with one attached hydrogen (secondary N) is 1. The number of hydrazine groups is 1. The van der Waals surface area contributed by atoms with Gasteiger partial charge in [-0.15, -0.1) is 11.6 Å². The van der Waals surface area contributed by atoms with Gasteiger partial charge in [0, 0.05) is 11.4 Å². The number of rotatable bonds is 5. The molecule has 0 bridgehead atoms. The highest BCUT2D eigenvalue weighted by Crippen LogP contribution is 2.25. The zero-order chi connectivity index (χ0) is 11.3. The number of nitrogens with two attached hydrogens (primary N) is 1. The molecule has 5 N–H and O–H groups in total. The molecule has 0 aromatic heterocycles. The molecular formula is C10H15ClN2O2. The summed E-state index contributed by atoms with van der Waals surface area (Å²) in [6.07, 6.45) is -1.52. The van der Waals surface area contributed by atoms with Crippen molar-refractivity contribution >= 4 is 17.3 Å². The topological polar surface area (TPSA) is 78.5 Å². The minimum atomic E-state index is -0.976. The molecule has 0 fully saturated rings. The van der Waals surface area contributed by atoms with E-state index in [4.69, 9.17) is 17.4 Å². The van der Waals surface area contributed by atoms with Crippen LogP contribution in [0.3, 0.4) is 0 Å². The Morgan fingerprint density at radius 3 is 2.60 bits per heavy atom. The summed E-state index contributed by atoms with van der Waals surface area (Å²) >= 11 is 5.49. The van der Waals surface area contributed by atoms with E-state index >= 15 is 0 Å². The molecule has 1 rings (SSSR count). The van der Waals surface area contributed by atoms with Crippen LogP contribution in [0.1, 0.15) is 18.1 Å². The Labute approximate surface area is 93.6 Å². The predicted molar refractivity (Wildman–Crippen MR) is 60.6 cm³/mol. The molecule has 2 unspecified atom stereocenters. The predicted octanol–water partition coefficient (Wildman–Crippen LogP) is 0.995. The van der Waals surface area contributed by atoms with Crippen LogP contribution in [0.4, 0.5) is 5.69 Å². The molecule has 5 heteroatoms. The summed E-state index contributed by atoms with van der Waals surface area (Å²) in [7, 11) is 0. The highest BCUT2D eigenvalue weighted by molar-refractivity contribution is 6.17. The van der Waals surface area contributed by atoms with Crippen molar-refractivity contribution in [2.24, 2.45) is 5.84 Å². The smallest absolute Gasteiger partial charge is 0.107 e. The Morgan fingerprint density at radius 2 is 2.00 bits per heavy atom. The molecule has 15 heavy (non-hydrogen) atoms. The Hall–Kier alpha value is -0.810. The summed E-state index contributed by atoms with van der Waals surface area (Å²) in [6.45, 7) is 0. The van der Waals surface area contributed by atoms with Gasteiger partial charge in [-0.1, -0.05) is 18.2 Å². The third-order valence-corrected chi connectivity index (χ3v) is 2.42. The van der Waals surface area contributed by atoms with E-state index in [-0.39, 0.29) is 0 Å². The molecule has 2 atom stereocenters. The van der Waals surface area contributed by atoms with Crippen LogP contribution in [0, 0.1) is 0 Å². The third-order valence-electron chi connectivity index (χ3n) is 2.20. The first-order chi connectivity index (χ1) is 7.20. The lowest BCUT2D eigenvalue weighted by Crippen LogP contribution is -2.21. The van der Waals surface area contributed by atoms with Gasteiger partial charge in [0.05, 0.1) is 11.8 Å². The van der Waals surface area contributed by atoms with Crippen LogP contribution in [0.5, 0.6) is 0 Å². The lowest BCUT2D eigenvalue weighted by Gasteiger charge is -2.19. The van der Waals surface area contributed by atoms with Gasteiger partial charge in [0.2, 0.25) is 0 Å². The van der Waals surface area contributed by atoms with Crippen LogP contribution in [0.25, 0.3) is 0 Å². The van der Waals surface area contributed by atoms with E-state index in [2.05, 4.69) is 5.43 Å². The van der Waals surface area contributed by atoms with E-state index in [0.717, 1.165) is 0 Å². The van der Waals surface area contributed by atoms with Crippen molar-refractivity contribution in [2.75, 3.05) is 11.3 Å². The Morgan fingerprint density at radius 1 is 1.33 bits per heavy atom. The average molecular weight is 231 g/mol. The molecule has 4 nitrogen and oxygen atoms in total. The first-order valence-corrected chi connectivity index (χ1v) is 5.21. The molecule has 0 aliphatic heterocycles. The number of anilines is 1. The molecular weight excluding hydrogens is 216 g/mol. The Bertz CT molecular complexity index is 309. The number of hydrogen-bond acceptors (Lipinski definition) is 4. The molecule has 0 saturated heterocycles. The zero-order valence-electron chi connectivity index (χ0n) is 8.23. The summed E-state index contributed by atoms with van der Waals surface area (Å²) in [5.74, 6) is 5.60. The van der Waals surface area contributed by atoms with Crippen molar-refractivity contribution in [1.29, 1.82) is 0 Å². The van der Waals surface area contributed by atoms with Gasteiger partial charge in [-0.25, -0.2) is 0 Å². The second-order valence-electron chi connectivity index (χ2n) is 3.22. The van der Waals surface area contributed by atoms with Gasteiger partial charge in [-0.3, -0.25) is 5.84 Å². The van der Waals surface area contributed by atoms with E-state index in [1.807, 2.05) is 0 Å². The van der Waals surface area contributed by atoms with Crippen molar-refractivity contribution in [1.82, 2.24) is 0 Å². The summed E-state index contributed by atoms with van der Waals surface area (Å²) in [5, 5.41) is 19.4. The number of aliphatic hydroxyl groups is 2. The molecule has 1 aromatic rings. The molecule has 0 saturated carbocycles. The Balaban J connectivity index is 2.84. The highest BCUT2D eigenvalue weighted by Gasteiger charge is 2.19. The SMILES string of the molecule is NNc1ccccc1C(O)C(O)CCCl. The highest BCUT2D eigenvalue weighted by atomic mass is 35.5. The van der Waals surface area contributed by atoms with Crippen LogP contribution in [0.15, 0.2) is 24.3 Å². The van der Waals surface area contributed by atoms with Gasteiger partial charge in [-0.2, -0.15) is 0 Å². The van der Waals surface area contributed by atoms with E-state index in [9.17, 15) is 10.2 Å². The second kappa shape index (κ2) is 5.92. The van der Waals surface area contributed by atoms with Crippen LogP contribution in [0.2, 0.25) is 0 Å². The number of nitrogen functional groups attached to an aromatic ring is 1. The largest absolute Gasteiger partial charge is 0.390 e. The summed E-state index contributed by atoms with van der Waals surface area (Å²) in [5.41, 5.74) is 3.63. The van der Waals surface area contributed by atoms with Crippen molar-refractivity contribution in [3.63, 3.8) is 0 Å². The number of benzene rings is 1. The number of halogens is 1. The quantitative estimate of drug-likeness (QED) is 0.346. The maximum atomic E-state index is 9.83. The maximum absolute atomic E-state index is 9.83. The van der Waals surface area contributed by atoms with E-state index in [0.29, 0.717) is 23.6 Å². The fourth-order valence-corrected chi connectivity index (χ4v) is 1.59. The van der Waals surface area contributed by atoms with Crippen molar-refractivity contribution in [2.45, 2.75) is 18.6 Å². The van der Waals surface area contributed by atoms with Gasteiger partial charge in [0.25, 0.3) is 0 Å². The fraction of sp³-hybridized carbons (Fsp3) is 0.400. The van der Waals surface area contributed by atoms with Crippen LogP contribution in [-0.2, 0) is 0 Å². The Kier molecular flexibility index (Phi) is 4.84. The zero-order valence-corrected chi connectivity index (χ0v) is 8.98. The minimum absolute atomic E-state index is 0.302. The monoisotopic (exact) mass is 230 g/mol. The molecule has 0 heterocycles. The van der Waals surface area contributed by atoms with E-state index < -0.39 is 12.2 Å². The molecule has 0 amide bonds. The van der Waals surface area contributed by atoms with Gasteiger partial charge < -0.3 is 15.6 Å². The van der Waals surface area contributed by atoms with Crippen molar-refractivity contribution in [3.8, 4) is 0 Å². The van der Waals surface area contributed by atoms with Gasteiger partial charge in [0.1, 0.15) is 6.10 Å². The minimum Gasteiger partial charge on any atom is -0.390 e. The summed E-state index contributed by atoms with van der Waals surface area (Å²) in [4.78, 5) is 0. The molecule has 0 spiro atoms.